The van der Waals surface area contributed by atoms with Gasteiger partial charge in [-0.1, -0.05) is 27.7 Å². The summed E-state index contributed by atoms with van der Waals surface area (Å²) in [5, 5.41) is 0. The molecule has 10 fully saturated rings. The van der Waals surface area contributed by atoms with Crippen LogP contribution in [0, 0.1) is 33.5 Å². The molecule has 16 atom stereocenters. The van der Waals surface area contributed by atoms with E-state index in [2.05, 4.69) is 0 Å². The molecule has 0 aromatic rings. The van der Waals surface area contributed by atoms with Crippen LogP contribution < -0.4 is 0 Å². The second-order valence-corrected chi connectivity index (χ2v) is 24.8. The highest BCUT2D eigenvalue weighted by molar-refractivity contribution is 5.81. The molecular formula is C57H86O21. The zero-order chi connectivity index (χ0) is 57.1. The summed E-state index contributed by atoms with van der Waals surface area (Å²) in [6.07, 6.45) is 8.27. The molecule has 10 aliphatic rings. The molecule has 0 amide bonds. The second-order valence-electron chi connectivity index (χ2n) is 24.8. The molecule has 0 aromatic carbocycles. The minimum Gasteiger partial charge on any atom is -0.465 e. The number of esters is 8. The molecule has 78 heavy (non-hydrogen) atoms. The van der Waals surface area contributed by atoms with Gasteiger partial charge in [0.1, 0.15) is 43.7 Å². The van der Waals surface area contributed by atoms with E-state index < -0.39 is 39.8 Å². The fraction of sp³-hybridized carbons (Fsp3) is 0.860. The summed E-state index contributed by atoms with van der Waals surface area (Å²) in [7, 11) is 0. The second kappa shape index (κ2) is 25.1. The number of hydrogen-bond donors (Lipinski definition) is 0. The quantitative estimate of drug-likeness (QED) is 0.0751. The molecule has 16 unspecified atom stereocenters. The molecule has 0 saturated carbocycles. The van der Waals surface area contributed by atoms with Crippen LogP contribution in [0.25, 0.3) is 0 Å². The van der Waals surface area contributed by atoms with E-state index in [0.29, 0.717) is 38.7 Å². The molecule has 21 heteroatoms. The highest BCUT2D eigenvalue weighted by atomic mass is 16.7. The maximum absolute atomic E-state index is 12.1. The largest absolute Gasteiger partial charge is 0.465 e. The summed E-state index contributed by atoms with van der Waals surface area (Å²) < 4.78 is 70.5. The van der Waals surface area contributed by atoms with E-state index in [-0.39, 0.29) is 153 Å². The van der Waals surface area contributed by atoms with Crippen LogP contribution in [0.3, 0.4) is 0 Å². The fourth-order valence-corrected chi connectivity index (χ4v) is 10.8. The topological polar surface area (TPSA) is 257 Å². The number of rotatable bonds is 20. The first-order valence-electron chi connectivity index (χ1n) is 28.5. The molecule has 10 heterocycles. The smallest absolute Gasteiger partial charge is 0.344 e. The third-order valence-corrected chi connectivity index (χ3v) is 17.7. The molecule has 440 valence electrons. The van der Waals surface area contributed by atoms with Gasteiger partial charge in [0.25, 0.3) is 0 Å². The summed E-state index contributed by atoms with van der Waals surface area (Å²) in [6.45, 7) is 22.7. The highest BCUT2D eigenvalue weighted by Gasteiger charge is 2.66. The summed E-state index contributed by atoms with van der Waals surface area (Å²) in [5.41, 5.74) is -2.04. The molecule has 0 N–H and O–H groups in total. The number of carbonyl (C=O) groups is 8. The minimum absolute atomic E-state index is 0.0386. The maximum Gasteiger partial charge on any atom is 0.344 e. The molecule has 0 spiro atoms. The van der Waals surface area contributed by atoms with Gasteiger partial charge in [0.05, 0.1) is 83.1 Å². The third-order valence-electron chi connectivity index (χ3n) is 17.7. The number of fused-ring (bicyclic) bond motifs is 6. The van der Waals surface area contributed by atoms with E-state index in [1.165, 1.54) is 0 Å². The van der Waals surface area contributed by atoms with Crippen LogP contribution in [0.1, 0.15) is 167 Å². The Morgan fingerprint density at radius 3 is 1.32 bits per heavy atom. The van der Waals surface area contributed by atoms with Gasteiger partial charge in [-0.25, -0.2) is 4.79 Å². The van der Waals surface area contributed by atoms with Gasteiger partial charge in [-0.2, -0.15) is 0 Å². The van der Waals surface area contributed by atoms with Crippen molar-refractivity contribution in [2.45, 2.75) is 252 Å². The van der Waals surface area contributed by atoms with Crippen molar-refractivity contribution < 1.29 is 99.9 Å². The standard InChI is InChI=1S/C15H22O6.C15H24O5.C14H22O5.C13H18O5/c1-4-15(2,3)14(17)19-6-5-18-11-9-7-8-10(20-9)12(11)21-13(8)16;1-4-15(2,3)14(17)18-8-7-13(16)20-12-9-10-5-6-11(12)19-10;1-4-14(2,3)13(16)17-8-12(15)19-11-7-9-5-6-10(11)18-9;1-4-13(2,3)12(15)18-9-7-5-6-8(16-7)10(9)17-11(6)14/h8-12H,4-7H2,1-3H3;10-12H,4-9H2,1-3H3;9-11H,4-8H2,1-3H3;6-10H,4-5H2,1-3H3. The molecule has 10 saturated heterocycles. The summed E-state index contributed by atoms with van der Waals surface area (Å²) >= 11 is 0. The monoisotopic (exact) mass is 1110 g/mol. The van der Waals surface area contributed by atoms with Crippen LogP contribution in [0.4, 0.5) is 0 Å². The predicted octanol–water partition coefficient (Wildman–Crippen LogP) is 6.16. The van der Waals surface area contributed by atoms with Crippen molar-refractivity contribution >= 4 is 47.8 Å². The number of hydrogen-bond acceptors (Lipinski definition) is 21. The van der Waals surface area contributed by atoms with Crippen molar-refractivity contribution in [3.05, 3.63) is 0 Å². The van der Waals surface area contributed by atoms with Crippen LogP contribution >= 0.6 is 0 Å². The average Bonchev–Trinajstić information content (AvgIpc) is 4.43. The van der Waals surface area contributed by atoms with Gasteiger partial charge in [-0.15, -0.1) is 0 Å². The molecule has 10 rings (SSSR count). The lowest BCUT2D eigenvalue weighted by Crippen LogP contribution is -2.42. The van der Waals surface area contributed by atoms with Gasteiger partial charge in [-0.3, -0.25) is 33.6 Å². The number of ether oxygens (including phenoxy) is 13. The molecule has 8 bridgehead atoms. The van der Waals surface area contributed by atoms with E-state index in [1.807, 2.05) is 69.2 Å². The van der Waals surface area contributed by atoms with E-state index >= 15 is 0 Å². The van der Waals surface area contributed by atoms with Crippen LogP contribution in [0.15, 0.2) is 0 Å². The Balaban J connectivity index is 0.000000151. The van der Waals surface area contributed by atoms with E-state index in [0.717, 1.165) is 44.9 Å². The van der Waals surface area contributed by atoms with Gasteiger partial charge in [0, 0.05) is 12.8 Å². The van der Waals surface area contributed by atoms with E-state index in [1.54, 1.807) is 13.8 Å². The van der Waals surface area contributed by atoms with Crippen molar-refractivity contribution in [3.63, 3.8) is 0 Å². The van der Waals surface area contributed by atoms with Gasteiger partial charge in [0.15, 0.2) is 24.9 Å². The molecule has 0 aliphatic carbocycles. The SMILES string of the molecule is CCC(C)(C)C(=O)OC1C2CC3C(=O)OC1C3O2.CCC(C)(C)C(=O)OCC(=O)OC1CC2CCC1O2.CCC(C)(C)C(=O)OCCC(=O)OC1CC2CCC1O2.CCC(C)(C)C(=O)OCCOC1C2CC3C(=O)OC1C3O2. The third kappa shape index (κ3) is 14.0. The van der Waals surface area contributed by atoms with Gasteiger partial charge in [-0.05, 0) is 120 Å². The molecule has 0 radical (unpaired) electrons. The van der Waals surface area contributed by atoms with Crippen molar-refractivity contribution in [2.75, 3.05) is 26.4 Å². The normalized spacial score (nSPS) is 33.8. The predicted molar refractivity (Wildman–Crippen MR) is 271 cm³/mol. The van der Waals surface area contributed by atoms with Crippen LogP contribution in [0.5, 0.6) is 0 Å². The Morgan fingerprint density at radius 2 is 0.872 bits per heavy atom. The first kappa shape index (κ1) is 61.2. The van der Waals surface area contributed by atoms with Crippen LogP contribution in [-0.2, 0) is 99.9 Å². The Morgan fingerprint density at radius 1 is 0.449 bits per heavy atom. The molecule has 10 aliphatic heterocycles. The van der Waals surface area contributed by atoms with E-state index in [4.69, 9.17) is 61.6 Å². The minimum atomic E-state index is -0.560. The zero-order valence-electron chi connectivity index (χ0n) is 47.8. The average molecular weight is 1110 g/mol. The number of carbonyl (C=O) groups excluding carboxylic acids is 8. The highest BCUT2D eigenvalue weighted by Crippen LogP contribution is 2.49. The van der Waals surface area contributed by atoms with Gasteiger partial charge < -0.3 is 61.6 Å². The Hall–Kier alpha value is -4.44. The van der Waals surface area contributed by atoms with Gasteiger partial charge in [0.2, 0.25) is 0 Å². The molecular weight excluding hydrogens is 1020 g/mol. The van der Waals surface area contributed by atoms with Crippen molar-refractivity contribution in [1.82, 2.24) is 0 Å². The van der Waals surface area contributed by atoms with Crippen LogP contribution in [0.2, 0.25) is 0 Å². The molecule has 0 aromatic heterocycles. The maximum atomic E-state index is 12.1. The van der Waals surface area contributed by atoms with Crippen LogP contribution in [-0.4, -0.2) is 160 Å². The van der Waals surface area contributed by atoms with Crippen molar-refractivity contribution in [1.29, 1.82) is 0 Å². The Labute approximate surface area is 458 Å². The zero-order valence-corrected chi connectivity index (χ0v) is 47.8. The lowest BCUT2D eigenvalue weighted by atomic mass is 9.87. The Bertz CT molecular complexity index is 2190. The Kier molecular flexibility index (Phi) is 19.7. The summed E-state index contributed by atoms with van der Waals surface area (Å²) in [5.74, 6) is -2.52. The van der Waals surface area contributed by atoms with Crippen molar-refractivity contribution in [2.24, 2.45) is 33.5 Å². The first-order chi connectivity index (χ1) is 36.7. The first-order valence-corrected chi connectivity index (χ1v) is 28.5. The molecule has 21 nitrogen and oxygen atoms in total. The lowest BCUT2D eigenvalue weighted by molar-refractivity contribution is -0.169. The van der Waals surface area contributed by atoms with Gasteiger partial charge >= 0.3 is 47.8 Å². The fourth-order valence-electron chi connectivity index (χ4n) is 10.8. The summed E-state index contributed by atoms with van der Waals surface area (Å²) in [4.78, 5) is 93.8. The summed E-state index contributed by atoms with van der Waals surface area (Å²) in [6, 6.07) is 0. The van der Waals surface area contributed by atoms with E-state index in [9.17, 15) is 38.4 Å². The lowest BCUT2D eigenvalue weighted by Gasteiger charge is -2.27. The van der Waals surface area contributed by atoms with Crippen molar-refractivity contribution in [3.8, 4) is 0 Å².